The van der Waals surface area contributed by atoms with Crippen molar-refractivity contribution in [3.05, 3.63) is 41.5 Å². The number of carbonyl (C=O) groups is 2. The summed E-state index contributed by atoms with van der Waals surface area (Å²) in [6.45, 7) is 1.51. The first-order valence-corrected chi connectivity index (χ1v) is 7.84. The third-order valence-electron chi connectivity index (χ3n) is 3.86. The summed E-state index contributed by atoms with van der Waals surface area (Å²) in [7, 11) is 1.49. The molecule has 8 nitrogen and oxygen atoms in total. The van der Waals surface area contributed by atoms with Gasteiger partial charge in [0.05, 0.1) is 23.7 Å². The fraction of sp³-hybridized carbons (Fsp3) is 0.222. The number of methoxy groups -OCH3 is 1. The van der Waals surface area contributed by atoms with Crippen molar-refractivity contribution < 1.29 is 24.2 Å². The molecule has 0 aliphatic heterocycles. The van der Waals surface area contributed by atoms with Crippen molar-refractivity contribution in [2.45, 2.75) is 19.6 Å². The van der Waals surface area contributed by atoms with Crippen molar-refractivity contribution in [1.29, 1.82) is 0 Å². The van der Waals surface area contributed by atoms with Crippen LogP contribution in [0.4, 0.5) is 0 Å². The Kier molecular flexibility index (Phi) is 4.68. The molecule has 1 atom stereocenters. The van der Waals surface area contributed by atoms with Crippen LogP contribution in [-0.2, 0) is 16.1 Å². The Balaban J connectivity index is 2.19. The molecule has 134 valence electrons. The van der Waals surface area contributed by atoms with Gasteiger partial charge in [-0.2, -0.15) is 0 Å². The van der Waals surface area contributed by atoms with Gasteiger partial charge in [-0.1, -0.05) is 6.07 Å². The summed E-state index contributed by atoms with van der Waals surface area (Å²) in [4.78, 5) is 32.1. The molecule has 0 saturated heterocycles. The van der Waals surface area contributed by atoms with Crippen LogP contribution in [0.2, 0.25) is 0 Å². The van der Waals surface area contributed by atoms with Crippen molar-refractivity contribution in [3.63, 3.8) is 0 Å². The lowest BCUT2D eigenvalue weighted by Gasteiger charge is -2.12. The molecule has 0 aliphatic rings. The Bertz CT molecular complexity index is 1020. The van der Waals surface area contributed by atoms with Gasteiger partial charge in [0.15, 0.2) is 0 Å². The minimum Gasteiger partial charge on any atom is -0.494 e. The Morgan fingerprint density at radius 3 is 2.58 bits per heavy atom. The number of rotatable bonds is 5. The van der Waals surface area contributed by atoms with Crippen molar-refractivity contribution >= 4 is 34.0 Å². The number of aromatic nitrogens is 2. The van der Waals surface area contributed by atoms with Crippen LogP contribution in [0.3, 0.4) is 0 Å². The predicted octanol–water partition coefficient (Wildman–Crippen LogP) is 1.88. The number of nitrogens with two attached hydrogens (primary N) is 1. The lowest BCUT2D eigenvalue weighted by Crippen LogP contribution is -2.28. The summed E-state index contributed by atoms with van der Waals surface area (Å²) >= 11 is 0. The monoisotopic (exact) mass is 355 g/mol. The van der Waals surface area contributed by atoms with Crippen molar-refractivity contribution in [2.75, 3.05) is 7.11 Å². The van der Waals surface area contributed by atoms with E-state index in [0.717, 1.165) is 0 Å². The number of nitrogens with zero attached hydrogens (tertiary/aromatic N) is 2. The largest absolute Gasteiger partial charge is 0.494 e. The smallest absolute Gasteiger partial charge is 0.337 e. The summed E-state index contributed by atoms with van der Waals surface area (Å²) in [5, 5.41) is 9.36. The Hall–Kier alpha value is -3.26. The quantitative estimate of drug-likeness (QED) is 0.525. The highest BCUT2D eigenvalue weighted by molar-refractivity contribution is 6.03. The lowest BCUT2D eigenvalue weighted by atomic mass is 10.1. The highest BCUT2D eigenvalue weighted by atomic mass is 16.5. The summed E-state index contributed by atoms with van der Waals surface area (Å²) < 4.78 is 10.5. The topological polar surface area (TPSA) is 125 Å². The molecule has 3 rings (SSSR count). The molecule has 0 bridgehead atoms. The van der Waals surface area contributed by atoms with E-state index in [9.17, 15) is 14.7 Å². The molecular weight excluding hydrogens is 338 g/mol. The van der Waals surface area contributed by atoms with E-state index in [-0.39, 0.29) is 17.7 Å². The number of hydrogen-bond acceptors (Lipinski definition) is 7. The molecular formula is C18H17N3O5. The molecule has 0 aliphatic carbocycles. The number of esters is 1. The Morgan fingerprint density at radius 1 is 1.15 bits per heavy atom. The van der Waals surface area contributed by atoms with Gasteiger partial charge in [-0.3, -0.25) is 4.79 Å². The molecule has 26 heavy (non-hydrogen) atoms. The summed E-state index contributed by atoms with van der Waals surface area (Å²) in [6.07, 6.45) is 0. The van der Waals surface area contributed by atoms with Gasteiger partial charge in [0.2, 0.25) is 0 Å². The molecule has 0 amide bonds. The van der Waals surface area contributed by atoms with Crippen LogP contribution in [-0.4, -0.2) is 40.2 Å². The number of carbonyl (C=O) groups excluding carboxylic acids is 1. The zero-order valence-electron chi connectivity index (χ0n) is 14.2. The van der Waals surface area contributed by atoms with Gasteiger partial charge in [0.25, 0.3) is 0 Å². The summed E-state index contributed by atoms with van der Waals surface area (Å²) in [5.41, 5.74) is 7.71. The molecule has 3 aromatic rings. The second-order valence-corrected chi connectivity index (χ2v) is 5.72. The maximum absolute atomic E-state index is 11.6. The van der Waals surface area contributed by atoms with Crippen molar-refractivity contribution in [3.8, 4) is 5.75 Å². The van der Waals surface area contributed by atoms with E-state index in [1.807, 2.05) is 0 Å². The van der Waals surface area contributed by atoms with Crippen molar-refractivity contribution in [1.82, 2.24) is 9.97 Å². The number of carboxylic acid groups (broad SMARTS) is 1. The number of hydrogen-bond donors (Lipinski definition) is 2. The molecule has 1 heterocycles. The van der Waals surface area contributed by atoms with Gasteiger partial charge < -0.3 is 20.3 Å². The molecule has 2 aromatic carbocycles. The van der Waals surface area contributed by atoms with Crippen LogP contribution in [0.15, 0.2) is 30.3 Å². The number of ether oxygens (including phenoxy) is 2. The molecule has 0 radical (unpaired) electrons. The maximum Gasteiger partial charge on any atom is 0.337 e. The van der Waals surface area contributed by atoms with E-state index in [1.165, 1.54) is 20.1 Å². The Morgan fingerprint density at radius 2 is 1.92 bits per heavy atom. The molecule has 8 heteroatoms. The van der Waals surface area contributed by atoms with E-state index in [2.05, 4.69) is 9.97 Å². The van der Waals surface area contributed by atoms with Gasteiger partial charge in [-0.25, -0.2) is 14.8 Å². The number of benzene rings is 2. The van der Waals surface area contributed by atoms with E-state index >= 15 is 0 Å². The first kappa shape index (κ1) is 17.6. The first-order chi connectivity index (χ1) is 12.4. The minimum absolute atomic E-state index is 0.0281. The van der Waals surface area contributed by atoms with Gasteiger partial charge in [-0.15, -0.1) is 0 Å². The number of fused-ring (bicyclic) bond motifs is 2. The van der Waals surface area contributed by atoms with Crippen LogP contribution >= 0.6 is 0 Å². The second-order valence-electron chi connectivity index (χ2n) is 5.72. The first-order valence-electron chi connectivity index (χ1n) is 7.84. The van der Waals surface area contributed by atoms with Gasteiger partial charge in [-0.05, 0) is 31.2 Å². The van der Waals surface area contributed by atoms with Gasteiger partial charge in [0.1, 0.15) is 29.4 Å². The zero-order chi connectivity index (χ0) is 18.8. The lowest BCUT2D eigenvalue weighted by molar-refractivity contribution is -0.146. The average Bonchev–Trinajstić information content (AvgIpc) is 2.63. The fourth-order valence-corrected chi connectivity index (χ4v) is 2.54. The van der Waals surface area contributed by atoms with E-state index in [1.54, 1.807) is 24.3 Å². The summed E-state index contributed by atoms with van der Waals surface area (Å²) in [5.74, 6) is -1.18. The SMILES string of the molecule is COc1ccc(COC(=O)[C@H](C)N)c2nc3cccc(C(=O)O)c3nc12. The van der Waals surface area contributed by atoms with E-state index in [4.69, 9.17) is 15.2 Å². The number of para-hydroxylation sites is 1. The molecule has 1 aromatic heterocycles. The van der Waals surface area contributed by atoms with Crippen LogP contribution < -0.4 is 10.5 Å². The third-order valence-corrected chi connectivity index (χ3v) is 3.86. The average molecular weight is 355 g/mol. The van der Waals surface area contributed by atoms with Gasteiger partial charge in [0, 0.05) is 5.56 Å². The highest BCUT2D eigenvalue weighted by Gasteiger charge is 2.17. The van der Waals surface area contributed by atoms with E-state index in [0.29, 0.717) is 27.9 Å². The molecule has 0 spiro atoms. The maximum atomic E-state index is 11.6. The number of aromatic carboxylic acids is 1. The highest BCUT2D eigenvalue weighted by Crippen LogP contribution is 2.29. The van der Waals surface area contributed by atoms with Crippen LogP contribution in [0.5, 0.6) is 5.75 Å². The normalized spacial score (nSPS) is 12.1. The molecule has 0 fully saturated rings. The second kappa shape index (κ2) is 6.93. The van der Waals surface area contributed by atoms with E-state index < -0.39 is 18.0 Å². The minimum atomic E-state index is -1.09. The standard InChI is InChI=1S/C18H17N3O5/c1-9(19)18(24)26-8-10-6-7-13(25-2)16-14(10)20-12-5-3-4-11(17(22)23)15(12)21-16/h3-7,9H,8,19H2,1-2H3,(H,22,23)/t9-/m0/s1. The molecule has 3 N–H and O–H groups in total. The fourth-order valence-electron chi connectivity index (χ4n) is 2.54. The van der Waals surface area contributed by atoms with Crippen LogP contribution in [0.1, 0.15) is 22.8 Å². The summed E-state index contributed by atoms with van der Waals surface area (Å²) in [6, 6.07) is 7.39. The van der Waals surface area contributed by atoms with Crippen LogP contribution in [0, 0.1) is 0 Å². The van der Waals surface area contributed by atoms with Crippen molar-refractivity contribution in [2.24, 2.45) is 5.73 Å². The van der Waals surface area contributed by atoms with Crippen LogP contribution in [0.25, 0.3) is 22.1 Å². The van der Waals surface area contributed by atoms with Gasteiger partial charge >= 0.3 is 11.9 Å². The third kappa shape index (κ3) is 3.14. The number of carboxylic acids is 1. The molecule has 0 unspecified atom stereocenters. The zero-order valence-corrected chi connectivity index (χ0v) is 14.2. The Labute approximate surface area is 148 Å². The molecule has 0 saturated carbocycles. The predicted molar refractivity (Wildman–Crippen MR) is 94.0 cm³/mol.